The number of carbonyl (C=O) groups excluding carboxylic acids is 4. The molecule has 21 nitrogen and oxygen atoms in total. The summed E-state index contributed by atoms with van der Waals surface area (Å²) in [7, 11) is 0. The number of rotatable bonds is 28. The minimum Gasteiger partial charge on any atom is -0.476 e. The second-order valence-electron chi connectivity index (χ2n) is 26.9. The molecule has 2 aliphatic carbocycles. The van der Waals surface area contributed by atoms with E-state index in [0.717, 1.165) is 112 Å². The van der Waals surface area contributed by atoms with E-state index in [-0.39, 0.29) is 60.3 Å². The Balaban J connectivity index is 0.000000154. The first kappa shape index (κ1) is 78.9. The summed E-state index contributed by atoms with van der Waals surface area (Å²) in [6.07, 6.45) is 10.4. The number of ether oxygens (including phenoxy) is 8. The van der Waals surface area contributed by atoms with Gasteiger partial charge in [-0.2, -0.15) is 0 Å². The van der Waals surface area contributed by atoms with Crippen molar-refractivity contribution in [3.63, 3.8) is 0 Å². The van der Waals surface area contributed by atoms with E-state index in [1.165, 1.54) is 42.6 Å². The number of benzene rings is 4. The Kier molecular flexibility index (Phi) is 26.1. The third kappa shape index (κ3) is 19.6. The van der Waals surface area contributed by atoms with Crippen LogP contribution in [-0.4, -0.2) is 186 Å². The average molecular weight is 1660 g/mol. The van der Waals surface area contributed by atoms with E-state index < -0.39 is 45.7 Å². The number of nitrogens with zero attached hydrogens (tertiary/aromatic N) is 9. The molecule has 2 saturated carbocycles. The summed E-state index contributed by atoms with van der Waals surface area (Å²) in [5.41, 5.74) is 0.891. The van der Waals surface area contributed by atoms with Gasteiger partial charge in [0.05, 0.1) is 82.8 Å². The quantitative estimate of drug-likeness (QED) is 0.0328. The second-order valence-corrected chi connectivity index (χ2v) is 28.9. The lowest BCUT2D eigenvalue weighted by atomic mass is 9.88. The highest BCUT2D eigenvalue weighted by molar-refractivity contribution is 9.11. The van der Waals surface area contributed by atoms with E-state index in [1.54, 1.807) is 67.4 Å². The van der Waals surface area contributed by atoms with Gasteiger partial charge in [-0.1, -0.05) is 35.9 Å². The van der Waals surface area contributed by atoms with Crippen molar-refractivity contribution in [1.29, 1.82) is 0 Å². The standard InChI is InChI=1S/C33H29BrF3N3O5.C33H30F3N3O5.C14H15BrClN3O2/c34-30-31-22(19-39-32(30)44-14-11-40-9-12-43-13-10-40)26(5-8-38-31)45-27-4-2-21(16-25(27)37)18-29(42)33(6-7-33)28(41)17-20-1-3-23(35)24(36)15-20;34-24-3-1-21(15-25(24)35)17-30(40)33(6-7-33)31(41)18-22-2-4-29(26(36)16-22)44-28-5-8-37-27-19-32(38-20-23(27)28)43-14-11-39-9-12-42-13-10-39;15-12-13-10(11(16)1-2-17-13)9-18-14(12)21-8-5-19-3-6-20-7-4-19/h1-5,8,15-16,19H,6-7,9-14,17-18H2;1-5,8,15-16,19-20H,6-7,9-14,17-18H2;1-2,9H,3-8H2. The molecule has 5 aliphatic rings. The molecule has 5 fully saturated rings. The molecule has 0 amide bonds. The number of carbonyl (C=O) groups is 4. The van der Waals surface area contributed by atoms with Crippen molar-refractivity contribution in [2.75, 3.05) is 118 Å². The molecule has 4 aromatic carbocycles. The normalized spacial score (nSPS) is 16.1. The number of hydrogen-bond donors (Lipinski definition) is 0. The van der Waals surface area contributed by atoms with Crippen LogP contribution in [-0.2, 0) is 59.1 Å². The van der Waals surface area contributed by atoms with Crippen LogP contribution in [0.3, 0.4) is 0 Å². The zero-order chi connectivity index (χ0) is 76.9. The molecule has 3 saturated heterocycles. The van der Waals surface area contributed by atoms with Gasteiger partial charge < -0.3 is 37.9 Å². The lowest BCUT2D eigenvalue weighted by Gasteiger charge is -2.26. The van der Waals surface area contributed by atoms with Gasteiger partial charge in [-0.3, -0.25) is 48.8 Å². The van der Waals surface area contributed by atoms with Gasteiger partial charge in [0.15, 0.2) is 69.5 Å². The predicted octanol–water partition coefficient (Wildman–Crippen LogP) is 14.0. The summed E-state index contributed by atoms with van der Waals surface area (Å²) in [6, 6.07) is 21.6. The average Bonchev–Trinajstić information content (AvgIpc) is 1.61. The van der Waals surface area contributed by atoms with Gasteiger partial charge >= 0.3 is 0 Å². The Morgan fingerprint density at radius 2 is 0.782 bits per heavy atom. The number of hydrogen-bond acceptors (Lipinski definition) is 21. The molecule has 15 rings (SSSR count). The van der Waals surface area contributed by atoms with Gasteiger partial charge in [-0.25, -0.2) is 41.3 Å². The molecule has 0 spiro atoms. The Morgan fingerprint density at radius 1 is 0.409 bits per heavy atom. The molecule has 3 aliphatic heterocycles. The van der Waals surface area contributed by atoms with Gasteiger partial charge in [-0.15, -0.1) is 0 Å². The zero-order valence-electron chi connectivity index (χ0n) is 59.4. The van der Waals surface area contributed by atoms with Crippen LogP contribution < -0.4 is 23.7 Å². The lowest BCUT2D eigenvalue weighted by Crippen LogP contribution is -2.38. The van der Waals surface area contributed by atoms with E-state index in [2.05, 4.69) is 76.5 Å². The number of ketones is 4. The van der Waals surface area contributed by atoms with E-state index in [9.17, 15) is 36.7 Å². The van der Waals surface area contributed by atoms with E-state index >= 15 is 8.78 Å². The van der Waals surface area contributed by atoms with Gasteiger partial charge in [0.1, 0.15) is 40.3 Å². The summed E-state index contributed by atoms with van der Waals surface area (Å²) in [5, 5.41) is 2.56. The van der Waals surface area contributed by atoms with Gasteiger partial charge in [0.25, 0.3) is 0 Å². The SMILES string of the molecule is Clc1ccnc2c(Br)c(OCCN3CCOCC3)ncc12.O=C(Cc1ccc(F)c(F)c1)C1(C(=O)Cc2ccc(Oc3ccnc4c(Br)c(OCCN5CCOCC5)ncc34)c(F)c2)CC1.O=C(Cc1ccc(F)c(F)c1)C1(C(=O)Cc2ccc(Oc3ccnc4cc(OCCN5CCOCC5)ncc34)c(F)c2)CC1. The van der Waals surface area contributed by atoms with Crippen LogP contribution in [0.25, 0.3) is 32.7 Å². The molecule has 0 atom stereocenters. The van der Waals surface area contributed by atoms with Gasteiger partial charge in [-0.05, 0) is 147 Å². The predicted molar refractivity (Wildman–Crippen MR) is 401 cm³/mol. The summed E-state index contributed by atoms with van der Waals surface area (Å²) < 4.78 is 131. The smallest absolute Gasteiger partial charge is 0.230 e. The maximum absolute atomic E-state index is 15.2. The van der Waals surface area contributed by atoms with Gasteiger partial charge in [0, 0.05) is 133 Å². The number of fused-ring (bicyclic) bond motifs is 3. The highest BCUT2D eigenvalue weighted by Gasteiger charge is 2.55. The second kappa shape index (κ2) is 36.3. The van der Waals surface area contributed by atoms with Crippen LogP contribution in [0.4, 0.5) is 26.3 Å². The Labute approximate surface area is 650 Å². The molecule has 0 bridgehead atoms. The summed E-state index contributed by atoms with van der Waals surface area (Å²) in [6.45, 7) is 13.6. The van der Waals surface area contributed by atoms with Crippen LogP contribution in [0.5, 0.6) is 40.6 Å². The number of morpholine rings is 3. The van der Waals surface area contributed by atoms with Crippen molar-refractivity contribution < 1.29 is 83.4 Å². The zero-order valence-corrected chi connectivity index (χ0v) is 63.3. The fourth-order valence-corrected chi connectivity index (χ4v) is 14.2. The van der Waals surface area contributed by atoms with Crippen molar-refractivity contribution in [3.05, 3.63) is 205 Å². The van der Waals surface area contributed by atoms with Crippen LogP contribution in [0.15, 0.2) is 143 Å². The molecule has 0 radical (unpaired) electrons. The van der Waals surface area contributed by atoms with Gasteiger partial charge in [0.2, 0.25) is 17.6 Å². The lowest BCUT2D eigenvalue weighted by molar-refractivity contribution is -0.135. The number of halogens is 9. The van der Waals surface area contributed by atoms with Crippen LogP contribution in [0.2, 0.25) is 5.02 Å². The maximum atomic E-state index is 15.2. The van der Waals surface area contributed by atoms with Crippen LogP contribution in [0, 0.1) is 45.7 Å². The van der Waals surface area contributed by atoms with Crippen molar-refractivity contribution in [2.45, 2.75) is 51.4 Å². The first-order valence-corrected chi connectivity index (χ1v) is 37.7. The van der Waals surface area contributed by atoms with E-state index in [0.29, 0.717) is 155 Å². The highest BCUT2D eigenvalue weighted by atomic mass is 79.9. The molecule has 574 valence electrons. The van der Waals surface area contributed by atoms with Crippen molar-refractivity contribution in [2.24, 2.45) is 10.8 Å². The highest BCUT2D eigenvalue weighted by Crippen LogP contribution is 2.50. The number of aromatic nitrogens is 6. The molecule has 0 unspecified atom stereocenters. The summed E-state index contributed by atoms with van der Waals surface area (Å²) in [4.78, 5) is 85.2. The largest absolute Gasteiger partial charge is 0.476 e. The van der Waals surface area contributed by atoms with Crippen LogP contribution >= 0.6 is 43.5 Å². The molecule has 10 aromatic rings. The summed E-state index contributed by atoms with van der Waals surface area (Å²) in [5.74, 6) is -4.89. The number of Topliss-reactive ketones (excluding diaryl/α,β-unsaturated/α-hetero) is 4. The minimum absolute atomic E-state index is 0.0462. The first-order chi connectivity index (χ1) is 53.3. The molecule has 110 heavy (non-hydrogen) atoms. The van der Waals surface area contributed by atoms with Crippen molar-refractivity contribution >= 4 is 99.3 Å². The Hall–Kier alpha value is -9.17. The van der Waals surface area contributed by atoms with Crippen molar-refractivity contribution in [3.8, 4) is 40.6 Å². The molecule has 0 N–H and O–H groups in total. The van der Waals surface area contributed by atoms with E-state index in [1.807, 2.05) is 0 Å². The topological polar surface area (TPSA) is 229 Å². The molecule has 9 heterocycles. The van der Waals surface area contributed by atoms with Crippen LogP contribution in [0.1, 0.15) is 47.9 Å². The number of pyridine rings is 6. The van der Waals surface area contributed by atoms with Crippen molar-refractivity contribution in [1.82, 2.24) is 44.6 Å². The molecular formula is C80H74Br2ClF6N9O12. The fourth-order valence-electron chi connectivity index (χ4n) is 12.9. The fraction of sp³-hybridized carbons (Fsp3) is 0.350. The minimum atomic E-state index is -1.18. The third-order valence-corrected chi connectivity index (χ3v) is 21.4. The molecule has 6 aromatic heterocycles. The Morgan fingerprint density at radius 3 is 1.21 bits per heavy atom. The Bertz CT molecular complexity index is 5040. The molecule has 30 heteroatoms. The maximum Gasteiger partial charge on any atom is 0.230 e. The molecular weight excluding hydrogens is 1590 g/mol. The van der Waals surface area contributed by atoms with E-state index in [4.69, 9.17) is 49.5 Å². The summed E-state index contributed by atoms with van der Waals surface area (Å²) >= 11 is 13.2. The monoisotopic (exact) mass is 1660 g/mol. The third-order valence-electron chi connectivity index (χ3n) is 19.6. The first-order valence-electron chi connectivity index (χ1n) is 35.8.